The van der Waals surface area contributed by atoms with Crippen LogP contribution in [-0.2, 0) is 13.8 Å². The molecule has 7 atom stereocenters. The number of nitrogens with zero attached hydrogens (tertiary/aromatic N) is 2. The fourth-order valence-electron chi connectivity index (χ4n) is 3.70. The minimum atomic E-state index is -4.56. The Kier molecular flexibility index (Phi) is 7.42. The van der Waals surface area contributed by atoms with E-state index in [4.69, 9.17) is 9.26 Å². The van der Waals surface area contributed by atoms with E-state index in [2.05, 4.69) is 4.98 Å². The van der Waals surface area contributed by atoms with E-state index in [0.717, 1.165) is 13.1 Å². The second kappa shape index (κ2) is 9.43. The number of aromatic amines is 1. The van der Waals surface area contributed by atoms with Gasteiger partial charge < -0.3 is 29.5 Å². The van der Waals surface area contributed by atoms with Crippen molar-refractivity contribution in [3.8, 4) is 0 Å². The summed E-state index contributed by atoms with van der Waals surface area (Å²) in [6, 6.07) is 0. The van der Waals surface area contributed by atoms with Crippen LogP contribution >= 0.6 is 7.60 Å². The van der Waals surface area contributed by atoms with Crippen LogP contribution in [0.3, 0.4) is 0 Å². The number of aliphatic hydroxyl groups is 3. The third-order valence-electron chi connectivity index (χ3n) is 6.44. The molecular formula is C20H28F2N3O9P. The summed E-state index contributed by atoms with van der Waals surface area (Å²) in [5.74, 6) is -3.96. The number of hydrogen-bond acceptors (Lipinski definition) is 9. The minimum Gasteiger partial charge on any atom is -0.388 e. The van der Waals surface area contributed by atoms with Crippen LogP contribution in [0.2, 0.25) is 0 Å². The first-order chi connectivity index (χ1) is 16.1. The predicted octanol–water partition coefficient (Wildman–Crippen LogP) is 0.702. The van der Waals surface area contributed by atoms with Gasteiger partial charge in [0.15, 0.2) is 5.34 Å². The first-order valence-electron chi connectivity index (χ1n) is 10.9. The average molecular weight is 523 g/mol. The van der Waals surface area contributed by atoms with E-state index in [9.17, 15) is 43.1 Å². The SMILES string of the molecule is CCC(C)(CC1OC(c2cn3c(F)c(F)c(=O)[nH]c3nc2=O)C(O)C1O)OP(=O)(O)C(C)(O)CC. The number of fused-ring (bicyclic) bond motifs is 1. The van der Waals surface area contributed by atoms with Gasteiger partial charge in [-0.05, 0) is 26.7 Å². The Balaban J connectivity index is 1.93. The molecule has 1 aliphatic heterocycles. The Morgan fingerprint density at radius 1 is 1.23 bits per heavy atom. The van der Waals surface area contributed by atoms with Crippen molar-refractivity contribution in [3.05, 3.63) is 44.2 Å². The van der Waals surface area contributed by atoms with Crippen molar-refractivity contribution in [3.63, 3.8) is 0 Å². The van der Waals surface area contributed by atoms with Crippen molar-refractivity contribution in [2.45, 2.75) is 82.3 Å². The summed E-state index contributed by atoms with van der Waals surface area (Å²) in [6.45, 7) is 5.74. The lowest BCUT2D eigenvalue weighted by molar-refractivity contribution is -0.0533. The monoisotopic (exact) mass is 523 g/mol. The van der Waals surface area contributed by atoms with Gasteiger partial charge in [0.1, 0.15) is 18.3 Å². The summed E-state index contributed by atoms with van der Waals surface area (Å²) in [4.78, 5) is 39.6. The fraction of sp³-hybridized carbons (Fsp3) is 0.650. The van der Waals surface area contributed by atoms with Gasteiger partial charge >= 0.3 is 7.60 Å². The van der Waals surface area contributed by atoms with E-state index in [1.807, 2.05) is 4.98 Å². The molecule has 0 bridgehead atoms. The van der Waals surface area contributed by atoms with E-state index in [1.165, 1.54) is 13.8 Å². The fourth-order valence-corrected chi connectivity index (χ4v) is 5.10. The molecule has 12 nitrogen and oxygen atoms in total. The standard InChI is InChI=1S/C20H28F2N3O9P/c1-5-19(3,34-35(31,32)20(4,30)6-2)7-10-12(26)13(27)14(33-10)9-8-25-15(22)11(21)17(29)24-18(25)23-16(9)28/h8,10,12-14,26-27,30H,5-7H2,1-4H3,(H,31,32)(H,23,24,28,29). The van der Waals surface area contributed by atoms with Crippen LogP contribution in [0.1, 0.15) is 58.6 Å². The molecule has 5 N–H and O–H groups in total. The Bertz CT molecular complexity index is 1280. The number of H-pyrrole nitrogens is 1. The molecule has 35 heavy (non-hydrogen) atoms. The maximum atomic E-state index is 14.2. The third-order valence-corrected chi connectivity index (χ3v) is 8.66. The van der Waals surface area contributed by atoms with Gasteiger partial charge in [0.2, 0.25) is 17.5 Å². The molecule has 0 aliphatic carbocycles. The number of nitrogens with one attached hydrogen (secondary N) is 1. The molecule has 0 aromatic carbocycles. The second-order valence-electron chi connectivity index (χ2n) is 9.02. The number of rotatable bonds is 8. The van der Waals surface area contributed by atoms with Crippen LogP contribution in [0.15, 0.2) is 15.8 Å². The molecule has 1 aliphatic rings. The van der Waals surface area contributed by atoms with Crippen LogP contribution in [0.4, 0.5) is 8.78 Å². The smallest absolute Gasteiger partial charge is 0.359 e. The molecule has 7 unspecified atom stereocenters. The first kappa shape index (κ1) is 27.5. The number of hydrogen-bond donors (Lipinski definition) is 5. The Hall–Kier alpha value is -2.06. The highest BCUT2D eigenvalue weighted by molar-refractivity contribution is 7.54. The van der Waals surface area contributed by atoms with Gasteiger partial charge in [-0.15, -0.1) is 0 Å². The molecule has 196 valence electrons. The maximum Gasteiger partial charge on any atom is 0.359 e. The minimum absolute atomic E-state index is 0.0781. The summed E-state index contributed by atoms with van der Waals surface area (Å²) in [5, 5.41) is 29.3. The normalized spacial score (nSPS) is 27.9. The summed E-state index contributed by atoms with van der Waals surface area (Å²) >= 11 is 0. The lowest BCUT2D eigenvalue weighted by Gasteiger charge is -2.37. The molecule has 3 rings (SSSR count). The van der Waals surface area contributed by atoms with Gasteiger partial charge in [-0.2, -0.15) is 13.8 Å². The Labute approximate surface area is 197 Å². The molecule has 0 spiro atoms. The van der Waals surface area contributed by atoms with Gasteiger partial charge in [-0.25, -0.2) is 0 Å². The van der Waals surface area contributed by atoms with Crippen LogP contribution in [-0.4, -0.2) is 63.8 Å². The van der Waals surface area contributed by atoms with Gasteiger partial charge in [-0.3, -0.25) is 23.5 Å². The van der Waals surface area contributed by atoms with Crippen molar-refractivity contribution >= 4 is 13.4 Å². The zero-order valence-corrected chi connectivity index (χ0v) is 20.3. The number of ether oxygens (including phenoxy) is 1. The summed E-state index contributed by atoms with van der Waals surface area (Å²) in [5.41, 5.74) is -4.29. The van der Waals surface area contributed by atoms with Gasteiger partial charge in [0.05, 0.1) is 17.3 Å². The predicted molar refractivity (Wildman–Crippen MR) is 117 cm³/mol. The first-order valence-corrected chi connectivity index (χ1v) is 12.4. The quantitative estimate of drug-likeness (QED) is 0.244. The van der Waals surface area contributed by atoms with E-state index in [-0.39, 0.29) is 19.3 Å². The number of halogens is 2. The molecule has 0 amide bonds. The highest BCUT2D eigenvalue weighted by atomic mass is 31.2. The highest BCUT2D eigenvalue weighted by Gasteiger charge is 2.51. The average Bonchev–Trinajstić information content (AvgIpc) is 3.04. The Morgan fingerprint density at radius 2 is 1.86 bits per heavy atom. The van der Waals surface area contributed by atoms with Crippen molar-refractivity contribution in [1.29, 1.82) is 0 Å². The van der Waals surface area contributed by atoms with Crippen LogP contribution in [0.5, 0.6) is 0 Å². The molecule has 0 radical (unpaired) electrons. The zero-order valence-electron chi connectivity index (χ0n) is 19.4. The van der Waals surface area contributed by atoms with E-state index in [1.54, 1.807) is 6.92 Å². The van der Waals surface area contributed by atoms with Crippen molar-refractivity contribution in [1.82, 2.24) is 14.4 Å². The second-order valence-corrected chi connectivity index (χ2v) is 11.2. The summed E-state index contributed by atoms with van der Waals surface area (Å²) in [6.07, 6.45) is -5.43. The molecule has 2 aromatic rings. The summed E-state index contributed by atoms with van der Waals surface area (Å²) in [7, 11) is -4.56. The zero-order chi connectivity index (χ0) is 26.5. The highest BCUT2D eigenvalue weighted by Crippen LogP contribution is 2.59. The van der Waals surface area contributed by atoms with Crippen LogP contribution in [0, 0.1) is 11.8 Å². The van der Waals surface area contributed by atoms with Gasteiger partial charge in [0, 0.05) is 12.6 Å². The van der Waals surface area contributed by atoms with Gasteiger partial charge in [-0.1, -0.05) is 13.8 Å². The van der Waals surface area contributed by atoms with Crippen molar-refractivity contribution < 1.29 is 42.8 Å². The van der Waals surface area contributed by atoms with Crippen molar-refractivity contribution in [2.24, 2.45) is 0 Å². The topological polar surface area (TPSA) is 184 Å². The molecule has 2 aromatic heterocycles. The lowest BCUT2D eigenvalue weighted by atomic mass is 9.92. The number of aliphatic hydroxyl groups excluding tert-OH is 2. The summed E-state index contributed by atoms with van der Waals surface area (Å²) < 4.78 is 52.2. The molecule has 15 heteroatoms. The largest absolute Gasteiger partial charge is 0.388 e. The van der Waals surface area contributed by atoms with E-state index < -0.39 is 77.2 Å². The van der Waals surface area contributed by atoms with E-state index in [0.29, 0.717) is 4.40 Å². The molecule has 0 saturated carbocycles. The van der Waals surface area contributed by atoms with Gasteiger partial charge in [0.25, 0.3) is 11.1 Å². The lowest BCUT2D eigenvalue weighted by Crippen LogP contribution is -2.40. The van der Waals surface area contributed by atoms with Crippen molar-refractivity contribution in [2.75, 3.05) is 0 Å². The number of aromatic nitrogens is 3. The molecular weight excluding hydrogens is 495 g/mol. The molecule has 1 fully saturated rings. The molecule has 3 heterocycles. The Morgan fingerprint density at radius 3 is 2.43 bits per heavy atom. The molecule has 1 saturated heterocycles. The third kappa shape index (κ3) is 4.96. The van der Waals surface area contributed by atoms with Crippen LogP contribution < -0.4 is 11.1 Å². The van der Waals surface area contributed by atoms with Crippen LogP contribution in [0.25, 0.3) is 5.78 Å². The maximum absolute atomic E-state index is 14.2. The van der Waals surface area contributed by atoms with E-state index >= 15 is 0 Å².